The van der Waals surface area contributed by atoms with Gasteiger partial charge < -0.3 is 5.11 Å². The Morgan fingerprint density at radius 1 is 1.10 bits per heavy atom. The standard InChI is InChI=1S/C25H32N2O3S/c1-3-7-20-10-12-21(13-11-20)25-23-17-26(14-4-5-15-27(23)24(25)18-28)31(29,30)22-9-6-8-19(2)16-22/h3,6-13,16,23-25,28H,4-5,14-15,17-18H2,1-2H3/b7-3+/t23-,24+,25+/m0/s1. The van der Waals surface area contributed by atoms with Gasteiger partial charge >= 0.3 is 0 Å². The Hall–Kier alpha value is -1.99. The van der Waals surface area contributed by atoms with Gasteiger partial charge in [0.05, 0.1) is 11.5 Å². The first-order valence-corrected chi connectivity index (χ1v) is 12.6. The Balaban J connectivity index is 1.63. The lowest BCUT2D eigenvalue weighted by molar-refractivity contribution is -0.0553. The van der Waals surface area contributed by atoms with Crippen LogP contribution in [0.2, 0.25) is 0 Å². The second kappa shape index (κ2) is 9.25. The summed E-state index contributed by atoms with van der Waals surface area (Å²) in [4.78, 5) is 2.67. The van der Waals surface area contributed by atoms with E-state index < -0.39 is 10.0 Å². The highest BCUT2D eigenvalue weighted by Crippen LogP contribution is 2.42. The third kappa shape index (κ3) is 4.35. The lowest BCUT2D eigenvalue weighted by atomic mass is 9.74. The van der Waals surface area contributed by atoms with Gasteiger partial charge in [-0.05, 0) is 62.1 Å². The number of allylic oxidation sites excluding steroid dienone is 1. The fourth-order valence-electron chi connectivity index (χ4n) is 5.07. The van der Waals surface area contributed by atoms with Crippen LogP contribution in [0.25, 0.3) is 6.08 Å². The van der Waals surface area contributed by atoms with E-state index in [1.54, 1.807) is 22.5 Å². The summed E-state index contributed by atoms with van der Waals surface area (Å²) in [6, 6.07) is 15.7. The first kappa shape index (κ1) is 22.2. The van der Waals surface area contributed by atoms with Crippen LogP contribution in [0.3, 0.4) is 0 Å². The largest absolute Gasteiger partial charge is 0.395 e. The number of nitrogens with zero attached hydrogens (tertiary/aromatic N) is 2. The van der Waals surface area contributed by atoms with Crippen LogP contribution in [0, 0.1) is 6.92 Å². The first-order valence-electron chi connectivity index (χ1n) is 11.1. The molecule has 31 heavy (non-hydrogen) atoms. The monoisotopic (exact) mass is 440 g/mol. The molecule has 1 N–H and O–H groups in total. The van der Waals surface area contributed by atoms with Crippen molar-refractivity contribution in [2.45, 2.75) is 49.6 Å². The highest BCUT2D eigenvalue weighted by Gasteiger charge is 2.50. The molecular weight excluding hydrogens is 408 g/mol. The fraction of sp³-hybridized carbons (Fsp3) is 0.440. The van der Waals surface area contributed by atoms with E-state index in [1.807, 2.05) is 26.0 Å². The molecule has 0 aromatic heterocycles. The van der Waals surface area contributed by atoms with Gasteiger partial charge in [-0.15, -0.1) is 0 Å². The molecule has 2 heterocycles. The molecule has 2 aliphatic heterocycles. The van der Waals surface area contributed by atoms with Crippen molar-refractivity contribution >= 4 is 16.1 Å². The maximum Gasteiger partial charge on any atom is 0.243 e. The second-order valence-electron chi connectivity index (χ2n) is 8.63. The summed E-state index contributed by atoms with van der Waals surface area (Å²) >= 11 is 0. The van der Waals surface area contributed by atoms with Crippen molar-refractivity contribution in [3.05, 3.63) is 71.3 Å². The van der Waals surface area contributed by atoms with E-state index in [1.165, 1.54) is 5.56 Å². The molecule has 6 heteroatoms. The summed E-state index contributed by atoms with van der Waals surface area (Å²) in [6.45, 7) is 5.89. The molecule has 0 amide bonds. The summed E-state index contributed by atoms with van der Waals surface area (Å²) < 4.78 is 28.5. The van der Waals surface area contributed by atoms with Gasteiger partial charge in [-0.2, -0.15) is 4.31 Å². The van der Waals surface area contributed by atoms with Crippen molar-refractivity contribution in [2.75, 3.05) is 26.2 Å². The molecular formula is C25H32N2O3S. The number of hydrogen-bond donors (Lipinski definition) is 1. The number of aliphatic hydroxyl groups is 1. The molecule has 0 bridgehead atoms. The van der Waals surface area contributed by atoms with E-state index >= 15 is 0 Å². The summed E-state index contributed by atoms with van der Waals surface area (Å²) in [5, 5.41) is 10.1. The molecule has 5 nitrogen and oxygen atoms in total. The minimum Gasteiger partial charge on any atom is -0.395 e. The Bertz CT molecular complexity index is 1030. The molecule has 0 unspecified atom stereocenters. The zero-order valence-electron chi connectivity index (χ0n) is 18.3. The van der Waals surface area contributed by atoms with Gasteiger partial charge in [0.2, 0.25) is 10.0 Å². The van der Waals surface area contributed by atoms with Gasteiger partial charge in [0, 0.05) is 31.1 Å². The molecule has 0 radical (unpaired) electrons. The van der Waals surface area contributed by atoms with Crippen molar-refractivity contribution in [2.24, 2.45) is 0 Å². The highest BCUT2D eigenvalue weighted by molar-refractivity contribution is 7.89. The Morgan fingerprint density at radius 3 is 2.52 bits per heavy atom. The number of fused-ring (bicyclic) bond motifs is 1. The van der Waals surface area contributed by atoms with Gasteiger partial charge in [0.25, 0.3) is 0 Å². The fourth-order valence-corrected chi connectivity index (χ4v) is 6.68. The lowest BCUT2D eigenvalue weighted by Gasteiger charge is -2.57. The van der Waals surface area contributed by atoms with Crippen LogP contribution in [0.5, 0.6) is 0 Å². The summed E-state index contributed by atoms with van der Waals surface area (Å²) in [7, 11) is -3.56. The van der Waals surface area contributed by atoms with E-state index in [-0.39, 0.29) is 24.6 Å². The van der Waals surface area contributed by atoms with Gasteiger partial charge in [0.15, 0.2) is 0 Å². The molecule has 0 spiro atoms. The van der Waals surface area contributed by atoms with Crippen LogP contribution in [0.15, 0.2) is 59.5 Å². The molecule has 0 saturated carbocycles. The van der Waals surface area contributed by atoms with E-state index in [0.29, 0.717) is 18.0 Å². The third-order valence-electron chi connectivity index (χ3n) is 6.64. The van der Waals surface area contributed by atoms with Crippen molar-refractivity contribution in [1.29, 1.82) is 0 Å². The summed E-state index contributed by atoms with van der Waals surface area (Å²) in [5.41, 5.74) is 3.25. The van der Waals surface area contributed by atoms with Crippen molar-refractivity contribution in [1.82, 2.24) is 9.21 Å². The SMILES string of the molecule is C/C=C/c1ccc([C@H]2[C@@H](CO)N3CCCCN(S(=O)(=O)c4cccc(C)c4)C[C@@H]23)cc1. The number of aryl methyl sites for hydroxylation is 1. The van der Waals surface area contributed by atoms with Crippen LogP contribution >= 0.6 is 0 Å². The van der Waals surface area contributed by atoms with Gasteiger partial charge in [-0.1, -0.05) is 48.6 Å². The molecule has 4 rings (SSSR count). The number of benzene rings is 2. The molecule has 2 aromatic carbocycles. The highest BCUT2D eigenvalue weighted by atomic mass is 32.2. The Labute approximate surface area is 186 Å². The molecule has 2 saturated heterocycles. The molecule has 2 aliphatic rings. The molecule has 166 valence electrons. The average Bonchev–Trinajstić information content (AvgIpc) is 2.74. The molecule has 2 fully saturated rings. The van der Waals surface area contributed by atoms with Crippen LogP contribution in [-0.4, -0.2) is 61.1 Å². The second-order valence-corrected chi connectivity index (χ2v) is 10.6. The van der Waals surface area contributed by atoms with Gasteiger partial charge in [-0.25, -0.2) is 8.42 Å². The maximum absolute atomic E-state index is 13.4. The van der Waals surface area contributed by atoms with Crippen molar-refractivity contribution in [3.8, 4) is 0 Å². The van der Waals surface area contributed by atoms with Gasteiger partial charge in [0.1, 0.15) is 0 Å². The summed E-state index contributed by atoms with van der Waals surface area (Å²) in [5.74, 6) is 0.123. The minimum atomic E-state index is -3.56. The number of aliphatic hydroxyl groups excluding tert-OH is 1. The zero-order chi connectivity index (χ0) is 22.0. The topological polar surface area (TPSA) is 60.9 Å². The average molecular weight is 441 g/mol. The zero-order valence-corrected chi connectivity index (χ0v) is 19.1. The van der Waals surface area contributed by atoms with E-state index in [4.69, 9.17) is 0 Å². The Morgan fingerprint density at radius 2 is 1.84 bits per heavy atom. The van der Waals surface area contributed by atoms with Crippen molar-refractivity contribution in [3.63, 3.8) is 0 Å². The molecule has 0 aliphatic carbocycles. The van der Waals surface area contributed by atoms with Gasteiger partial charge in [-0.3, -0.25) is 4.90 Å². The van der Waals surface area contributed by atoms with E-state index in [9.17, 15) is 13.5 Å². The van der Waals surface area contributed by atoms with Crippen LogP contribution in [-0.2, 0) is 10.0 Å². The van der Waals surface area contributed by atoms with E-state index in [0.717, 1.165) is 30.5 Å². The Kier molecular flexibility index (Phi) is 6.63. The minimum absolute atomic E-state index is 0.0409. The quantitative estimate of drug-likeness (QED) is 0.771. The third-order valence-corrected chi connectivity index (χ3v) is 8.50. The predicted molar refractivity (Wildman–Crippen MR) is 124 cm³/mol. The number of sulfonamides is 1. The van der Waals surface area contributed by atoms with Crippen LogP contribution < -0.4 is 0 Å². The number of rotatable bonds is 5. The number of hydrogen-bond acceptors (Lipinski definition) is 4. The van der Waals surface area contributed by atoms with Crippen molar-refractivity contribution < 1.29 is 13.5 Å². The smallest absolute Gasteiger partial charge is 0.243 e. The van der Waals surface area contributed by atoms with E-state index in [2.05, 4.69) is 35.2 Å². The molecule has 2 aromatic rings. The normalized spacial score (nSPS) is 25.6. The lowest BCUT2D eigenvalue weighted by Crippen LogP contribution is -2.67. The van der Waals surface area contributed by atoms with Crippen LogP contribution in [0.1, 0.15) is 42.4 Å². The first-order chi connectivity index (χ1) is 15.0. The maximum atomic E-state index is 13.4. The predicted octanol–water partition coefficient (Wildman–Crippen LogP) is 3.64. The molecule has 3 atom stereocenters. The van der Waals surface area contributed by atoms with Crippen LogP contribution in [0.4, 0.5) is 0 Å². The summed E-state index contributed by atoms with van der Waals surface area (Å²) in [6.07, 6.45) is 5.83.